The van der Waals surface area contributed by atoms with Crippen molar-refractivity contribution in [1.29, 1.82) is 0 Å². The van der Waals surface area contributed by atoms with E-state index in [2.05, 4.69) is 43.0 Å². The van der Waals surface area contributed by atoms with Crippen LogP contribution in [0.1, 0.15) is 56.6 Å². The lowest BCUT2D eigenvalue weighted by atomic mass is 9.99. The normalized spacial score (nSPS) is 19.1. The maximum atomic E-state index is 12.3. The zero-order chi connectivity index (χ0) is 14.4. The number of rotatable bonds is 5. The van der Waals surface area contributed by atoms with Gasteiger partial charge in [0.2, 0.25) is 5.91 Å². The van der Waals surface area contributed by atoms with E-state index in [1.807, 2.05) is 0 Å². The highest BCUT2D eigenvalue weighted by atomic mass is 16.2. The second kappa shape index (κ2) is 7.47. The van der Waals surface area contributed by atoms with E-state index in [1.165, 1.54) is 30.4 Å². The molecule has 1 atom stereocenters. The number of hydrogen-bond donors (Lipinski definition) is 0. The molecular formula is C18H27NO. The first-order chi connectivity index (χ1) is 9.70. The molecule has 1 fully saturated rings. The molecule has 1 aliphatic rings. The Morgan fingerprint density at radius 3 is 2.70 bits per heavy atom. The second-order valence-electron chi connectivity index (χ2n) is 5.98. The van der Waals surface area contributed by atoms with Crippen LogP contribution in [0.25, 0.3) is 0 Å². The van der Waals surface area contributed by atoms with Gasteiger partial charge in [0.05, 0.1) is 0 Å². The minimum Gasteiger partial charge on any atom is -0.340 e. The Kier molecular flexibility index (Phi) is 5.63. The van der Waals surface area contributed by atoms with E-state index in [9.17, 15) is 4.79 Å². The summed E-state index contributed by atoms with van der Waals surface area (Å²) in [4.78, 5) is 14.5. The van der Waals surface area contributed by atoms with Crippen LogP contribution in [0.4, 0.5) is 0 Å². The molecule has 20 heavy (non-hydrogen) atoms. The maximum absolute atomic E-state index is 12.3. The van der Waals surface area contributed by atoms with Crippen LogP contribution >= 0.6 is 0 Å². The summed E-state index contributed by atoms with van der Waals surface area (Å²) < 4.78 is 0. The van der Waals surface area contributed by atoms with Gasteiger partial charge in [-0.25, -0.2) is 0 Å². The number of carbonyl (C=O) groups is 1. The minimum absolute atomic E-state index is 0.365. The monoisotopic (exact) mass is 273 g/mol. The molecule has 2 rings (SSSR count). The summed E-state index contributed by atoms with van der Waals surface area (Å²) in [6.45, 7) is 5.28. The summed E-state index contributed by atoms with van der Waals surface area (Å²) >= 11 is 0. The van der Waals surface area contributed by atoms with Crippen LogP contribution in [0.5, 0.6) is 0 Å². The number of hydrogen-bond acceptors (Lipinski definition) is 1. The van der Waals surface area contributed by atoms with Crippen molar-refractivity contribution >= 4 is 5.91 Å². The number of amides is 1. The highest BCUT2D eigenvalue weighted by Crippen LogP contribution is 2.21. The van der Waals surface area contributed by atoms with E-state index in [4.69, 9.17) is 0 Å². The number of piperidine rings is 1. The molecule has 1 amide bonds. The summed E-state index contributed by atoms with van der Waals surface area (Å²) in [5.74, 6) is 0.365. The summed E-state index contributed by atoms with van der Waals surface area (Å²) in [6, 6.07) is 9.14. The first-order valence-electron chi connectivity index (χ1n) is 8.05. The van der Waals surface area contributed by atoms with Gasteiger partial charge in [0.15, 0.2) is 0 Å². The van der Waals surface area contributed by atoms with Gasteiger partial charge in [-0.2, -0.15) is 0 Å². The molecule has 0 saturated carbocycles. The molecule has 1 heterocycles. The Morgan fingerprint density at radius 2 is 2.00 bits per heavy atom. The molecule has 2 heteroatoms. The van der Waals surface area contributed by atoms with Gasteiger partial charge < -0.3 is 4.90 Å². The lowest BCUT2D eigenvalue weighted by Gasteiger charge is -2.35. The Labute approximate surface area is 123 Å². The van der Waals surface area contributed by atoms with Crippen LogP contribution in [0.2, 0.25) is 0 Å². The van der Waals surface area contributed by atoms with Crippen LogP contribution < -0.4 is 0 Å². The Hall–Kier alpha value is -1.31. The zero-order valence-corrected chi connectivity index (χ0v) is 12.9. The van der Waals surface area contributed by atoms with Crippen LogP contribution in [-0.4, -0.2) is 23.4 Å². The van der Waals surface area contributed by atoms with Crippen LogP contribution in [0, 0.1) is 6.92 Å². The third-order valence-corrected chi connectivity index (χ3v) is 4.40. The lowest BCUT2D eigenvalue weighted by Crippen LogP contribution is -2.43. The fraction of sp³-hybridized carbons (Fsp3) is 0.611. The van der Waals surface area contributed by atoms with E-state index in [1.54, 1.807) is 0 Å². The summed E-state index contributed by atoms with van der Waals surface area (Å²) in [5.41, 5.74) is 2.64. The van der Waals surface area contributed by atoms with E-state index in [0.717, 1.165) is 25.8 Å². The molecule has 1 aromatic carbocycles. The van der Waals surface area contributed by atoms with Crippen molar-refractivity contribution in [3.05, 3.63) is 35.4 Å². The summed E-state index contributed by atoms with van der Waals surface area (Å²) in [6.07, 6.45) is 7.44. The van der Waals surface area contributed by atoms with Gasteiger partial charge >= 0.3 is 0 Å². The first-order valence-corrected chi connectivity index (χ1v) is 8.05. The number of carbonyl (C=O) groups excluding carboxylic acids is 1. The highest BCUT2D eigenvalue weighted by molar-refractivity contribution is 5.76. The molecule has 0 N–H and O–H groups in total. The van der Waals surface area contributed by atoms with E-state index in [-0.39, 0.29) is 0 Å². The second-order valence-corrected chi connectivity index (χ2v) is 5.98. The van der Waals surface area contributed by atoms with Gasteiger partial charge in [0.1, 0.15) is 0 Å². The Morgan fingerprint density at radius 1 is 1.25 bits per heavy atom. The fourth-order valence-corrected chi connectivity index (χ4v) is 3.10. The van der Waals surface area contributed by atoms with Gasteiger partial charge in [-0.15, -0.1) is 0 Å². The van der Waals surface area contributed by atoms with Gasteiger partial charge in [0, 0.05) is 19.0 Å². The topological polar surface area (TPSA) is 20.3 Å². The fourth-order valence-electron chi connectivity index (χ4n) is 3.10. The van der Waals surface area contributed by atoms with Crippen molar-refractivity contribution < 1.29 is 4.79 Å². The van der Waals surface area contributed by atoms with E-state index >= 15 is 0 Å². The number of likely N-dealkylation sites (tertiary alicyclic amines) is 1. The highest BCUT2D eigenvalue weighted by Gasteiger charge is 2.24. The average molecular weight is 273 g/mol. The smallest absolute Gasteiger partial charge is 0.222 e. The molecule has 2 nitrogen and oxygen atoms in total. The molecule has 0 aromatic heterocycles. The average Bonchev–Trinajstić information content (AvgIpc) is 2.49. The molecular weight excluding hydrogens is 246 g/mol. The van der Waals surface area contributed by atoms with Crippen LogP contribution in [0.3, 0.4) is 0 Å². The largest absolute Gasteiger partial charge is 0.340 e. The number of nitrogens with zero attached hydrogens (tertiary/aromatic N) is 1. The molecule has 1 aromatic rings. The standard InChI is InChI=1S/C18H27NO/c1-3-17-8-4-5-14-19(17)18(20)9-6-7-16-12-10-15(2)11-13-16/h10-13,17H,3-9,14H2,1-2H3. The zero-order valence-electron chi connectivity index (χ0n) is 12.9. The molecule has 0 aliphatic carbocycles. The van der Waals surface area contributed by atoms with E-state index < -0.39 is 0 Å². The summed E-state index contributed by atoms with van der Waals surface area (Å²) in [7, 11) is 0. The first kappa shape index (κ1) is 15.1. The molecule has 1 aliphatic heterocycles. The van der Waals surface area contributed by atoms with Gasteiger partial charge in [-0.3, -0.25) is 4.79 Å². The van der Waals surface area contributed by atoms with Gasteiger partial charge in [0.25, 0.3) is 0 Å². The Balaban J connectivity index is 1.78. The number of benzene rings is 1. The quantitative estimate of drug-likeness (QED) is 0.790. The minimum atomic E-state index is 0.365. The Bertz CT molecular complexity index is 424. The predicted octanol–water partition coefficient (Wildman–Crippen LogP) is 4.11. The number of aryl methyl sites for hydroxylation is 2. The summed E-state index contributed by atoms with van der Waals surface area (Å²) in [5, 5.41) is 0. The van der Waals surface area contributed by atoms with Crippen LogP contribution in [-0.2, 0) is 11.2 Å². The van der Waals surface area contributed by atoms with Gasteiger partial charge in [-0.1, -0.05) is 36.8 Å². The van der Waals surface area contributed by atoms with Crippen molar-refractivity contribution in [1.82, 2.24) is 4.90 Å². The van der Waals surface area contributed by atoms with Crippen molar-refractivity contribution in [3.63, 3.8) is 0 Å². The molecule has 110 valence electrons. The van der Waals surface area contributed by atoms with Gasteiger partial charge in [-0.05, 0) is 51.0 Å². The van der Waals surface area contributed by atoms with Crippen LogP contribution in [0.15, 0.2) is 24.3 Å². The third-order valence-electron chi connectivity index (χ3n) is 4.40. The van der Waals surface area contributed by atoms with E-state index in [0.29, 0.717) is 18.4 Å². The van der Waals surface area contributed by atoms with Crippen molar-refractivity contribution in [2.75, 3.05) is 6.54 Å². The van der Waals surface area contributed by atoms with Crippen molar-refractivity contribution in [2.45, 2.75) is 64.8 Å². The SMILES string of the molecule is CCC1CCCCN1C(=O)CCCc1ccc(C)cc1. The molecule has 0 bridgehead atoms. The molecule has 0 spiro atoms. The molecule has 0 radical (unpaired) electrons. The van der Waals surface area contributed by atoms with Crippen molar-refractivity contribution in [3.8, 4) is 0 Å². The maximum Gasteiger partial charge on any atom is 0.222 e. The molecule has 1 saturated heterocycles. The lowest BCUT2D eigenvalue weighted by molar-refractivity contribution is -0.135. The van der Waals surface area contributed by atoms with Crippen molar-refractivity contribution in [2.24, 2.45) is 0 Å². The predicted molar refractivity (Wildman–Crippen MR) is 83.8 cm³/mol. The molecule has 1 unspecified atom stereocenters. The third kappa shape index (κ3) is 4.09.